The lowest BCUT2D eigenvalue weighted by Gasteiger charge is -2.26. The second kappa shape index (κ2) is 14.4. The Hall–Kier alpha value is -3.73. The fraction of sp³-hybridized carbons (Fsp3) is 0.375. The molecule has 0 saturated heterocycles. The van der Waals surface area contributed by atoms with Crippen molar-refractivity contribution < 1.29 is 9.53 Å². The summed E-state index contributed by atoms with van der Waals surface area (Å²) in [5.74, 6) is -0.308. The molecular formula is C40H50N2O2. The molecule has 0 atom stereocenters. The molecule has 4 aromatic rings. The Kier molecular flexibility index (Phi) is 10.8. The van der Waals surface area contributed by atoms with Crippen LogP contribution in [0.2, 0.25) is 0 Å². The summed E-state index contributed by atoms with van der Waals surface area (Å²) in [6.45, 7) is 21.3. The number of nitrogens with one attached hydrogen (secondary N) is 2. The Morgan fingerprint density at radius 3 is 1.43 bits per heavy atom. The fourth-order valence-electron chi connectivity index (χ4n) is 5.28. The summed E-state index contributed by atoms with van der Waals surface area (Å²) in [5.41, 5.74) is 12.0. The third kappa shape index (κ3) is 9.90. The van der Waals surface area contributed by atoms with E-state index in [1.54, 1.807) is 0 Å². The maximum absolute atomic E-state index is 12.7. The van der Waals surface area contributed by atoms with Crippen molar-refractivity contribution in [3.8, 4) is 0 Å². The Bertz CT molecular complexity index is 1490. The summed E-state index contributed by atoms with van der Waals surface area (Å²) in [7, 11) is 0. The van der Waals surface area contributed by atoms with E-state index < -0.39 is 0 Å². The van der Waals surface area contributed by atoms with Gasteiger partial charge in [0.15, 0.2) is 0 Å². The molecule has 0 aromatic heterocycles. The van der Waals surface area contributed by atoms with Gasteiger partial charge in [-0.15, -0.1) is 0 Å². The third-order valence-corrected chi connectivity index (χ3v) is 7.91. The number of hydrogen-bond acceptors (Lipinski definition) is 4. The van der Waals surface area contributed by atoms with Crippen molar-refractivity contribution in [2.45, 2.75) is 99.0 Å². The summed E-state index contributed by atoms with van der Waals surface area (Å²) in [4.78, 5) is 12.7. The predicted octanol–water partition coefficient (Wildman–Crippen LogP) is 8.84. The van der Waals surface area contributed by atoms with Crippen LogP contribution in [0.3, 0.4) is 0 Å². The lowest BCUT2D eigenvalue weighted by Crippen LogP contribution is -2.19. The Balaban J connectivity index is 1.23. The first kappa shape index (κ1) is 33.2. The van der Waals surface area contributed by atoms with Crippen LogP contribution in [0.4, 0.5) is 0 Å². The highest BCUT2D eigenvalue weighted by Crippen LogP contribution is 2.30. The average Bonchev–Trinajstić information content (AvgIpc) is 2.95. The van der Waals surface area contributed by atoms with Gasteiger partial charge in [0.05, 0.1) is 5.56 Å². The molecule has 0 aliphatic carbocycles. The maximum atomic E-state index is 12.7. The zero-order valence-electron chi connectivity index (χ0n) is 27.9. The van der Waals surface area contributed by atoms with Crippen LogP contribution in [0.25, 0.3) is 0 Å². The monoisotopic (exact) mass is 590 g/mol. The number of benzene rings is 4. The number of esters is 1. The van der Waals surface area contributed by atoms with Gasteiger partial charge in [0.25, 0.3) is 0 Å². The van der Waals surface area contributed by atoms with Crippen LogP contribution in [0, 0.1) is 13.8 Å². The van der Waals surface area contributed by atoms with E-state index in [4.69, 9.17) is 4.74 Å². The predicted molar refractivity (Wildman–Crippen MR) is 183 cm³/mol. The van der Waals surface area contributed by atoms with Gasteiger partial charge in [-0.05, 0) is 75.8 Å². The molecule has 0 radical (unpaired) electrons. The Morgan fingerprint density at radius 1 is 0.545 bits per heavy atom. The standard InChI is InChI=1S/C40H50N2O2/c1-28-17-29(2)19-33(18-28)25-41-23-30-9-11-32(12-10-30)27-44-38(43)35-15-13-31(14-16-35)24-42-26-34-20-36(39(3,4)5)22-37(21-34)40(6,7)8/h9-22,41-42H,23-27H2,1-8H3. The minimum absolute atomic E-state index is 0.1000. The van der Waals surface area contributed by atoms with Crippen LogP contribution >= 0.6 is 0 Å². The molecule has 0 aliphatic heterocycles. The molecule has 232 valence electrons. The van der Waals surface area contributed by atoms with Crippen molar-refractivity contribution in [3.05, 3.63) is 141 Å². The summed E-state index contributed by atoms with van der Waals surface area (Å²) in [5, 5.41) is 7.09. The first-order chi connectivity index (χ1) is 20.8. The number of aryl methyl sites for hydroxylation is 2. The Labute approximate surface area is 265 Å². The van der Waals surface area contributed by atoms with E-state index >= 15 is 0 Å². The van der Waals surface area contributed by atoms with E-state index in [0.29, 0.717) is 5.56 Å². The lowest BCUT2D eigenvalue weighted by atomic mass is 9.79. The molecule has 0 bridgehead atoms. The van der Waals surface area contributed by atoms with E-state index in [2.05, 4.69) is 115 Å². The van der Waals surface area contributed by atoms with Crippen LogP contribution in [-0.2, 0) is 48.4 Å². The summed E-state index contributed by atoms with van der Waals surface area (Å²) >= 11 is 0. The van der Waals surface area contributed by atoms with Gasteiger partial charge in [-0.3, -0.25) is 0 Å². The Morgan fingerprint density at radius 2 is 0.955 bits per heavy atom. The largest absolute Gasteiger partial charge is 0.457 e. The molecule has 0 fully saturated rings. The molecule has 0 amide bonds. The highest BCUT2D eigenvalue weighted by atomic mass is 16.5. The van der Waals surface area contributed by atoms with Gasteiger partial charge in [0, 0.05) is 26.2 Å². The first-order valence-corrected chi connectivity index (χ1v) is 15.7. The van der Waals surface area contributed by atoms with Gasteiger partial charge >= 0.3 is 5.97 Å². The fourth-order valence-corrected chi connectivity index (χ4v) is 5.28. The van der Waals surface area contributed by atoms with Gasteiger partial charge in [-0.2, -0.15) is 0 Å². The van der Waals surface area contributed by atoms with Gasteiger partial charge < -0.3 is 15.4 Å². The molecular weight excluding hydrogens is 540 g/mol. The molecule has 2 N–H and O–H groups in total. The molecule has 44 heavy (non-hydrogen) atoms. The summed E-state index contributed by atoms with van der Waals surface area (Å²) in [6, 6.07) is 29.5. The summed E-state index contributed by atoms with van der Waals surface area (Å²) in [6.07, 6.45) is 0. The van der Waals surface area contributed by atoms with Crippen molar-refractivity contribution in [1.29, 1.82) is 0 Å². The molecule has 4 aromatic carbocycles. The third-order valence-electron chi connectivity index (χ3n) is 7.91. The van der Waals surface area contributed by atoms with E-state index in [0.717, 1.165) is 37.3 Å². The summed E-state index contributed by atoms with van der Waals surface area (Å²) < 4.78 is 5.60. The highest BCUT2D eigenvalue weighted by Gasteiger charge is 2.20. The van der Waals surface area contributed by atoms with Gasteiger partial charge in [0.2, 0.25) is 0 Å². The number of carbonyl (C=O) groups is 1. The molecule has 4 heteroatoms. The van der Waals surface area contributed by atoms with Crippen LogP contribution in [0.5, 0.6) is 0 Å². The average molecular weight is 591 g/mol. The molecule has 4 nitrogen and oxygen atoms in total. The lowest BCUT2D eigenvalue weighted by molar-refractivity contribution is 0.0472. The van der Waals surface area contributed by atoms with Crippen molar-refractivity contribution in [1.82, 2.24) is 10.6 Å². The smallest absolute Gasteiger partial charge is 0.338 e. The van der Waals surface area contributed by atoms with Crippen molar-refractivity contribution in [3.63, 3.8) is 0 Å². The molecule has 0 saturated carbocycles. The van der Waals surface area contributed by atoms with Crippen molar-refractivity contribution in [2.24, 2.45) is 0 Å². The second-order valence-electron chi connectivity index (χ2n) is 14.2. The topological polar surface area (TPSA) is 50.4 Å². The van der Waals surface area contributed by atoms with E-state index in [1.165, 1.54) is 38.9 Å². The second-order valence-corrected chi connectivity index (χ2v) is 14.2. The van der Waals surface area contributed by atoms with Crippen molar-refractivity contribution >= 4 is 5.97 Å². The number of hydrogen-bond donors (Lipinski definition) is 2. The maximum Gasteiger partial charge on any atom is 0.338 e. The molecule has 0 spiro atoms. The molecule has 0 aliphatic rings. The van der Waals surface area contributed by atoms with Crippen molar-refractivity contribution in [2.75, 3.05) is 0 Å². The van der Waals surface area contributed by atoms with Gasteiger partial charge in [-0.25, -0.2) is 4.79 Å². The van der Waals surface area contributed by atoms with Crippen LogP contribution < -0.4 is 10.6 Å². The van der Waals surface area contributed by atoms with Gasteiger partial charge in [-0.1, -0.05) is 125 Å². The van der Waals surface area contributed by atoms with E-state index in [9.17, 15) is 4.79 Å². The van der Waals surface area contributed by atoms with E-state index in [1.807, 2.05) is 36.4 Å². The van der Waals surface area contributed by atoms with E-state index in [-0.39, 0.29) is 23.4 Å². The zero-order chi connectivity index (χ0) is 31.9. The minimum Gasteiger partial charge on any atom is -0.457 e. The number of ether oxygens (including phenoxy) is 1. The van der Waals surface area contributed by atoms with Crippen LogP contribution in [-0.4, -0.2) is 5.97 Å². The minimum atomic E-state index is -0.308. The highest BCUT2D eigenvalue weighted by molar-refractivity contribution is 5.89. The quantitative estimate of drug-likeness (QED) is 0.171. The number of rotatable bonds is 11. The molecule has 0 heterocycles. The van der Waals surface area contributed by atoms with Gasteiger partial charge in [0.1, 0.15) is 6.61 Å². The SMILES string of the molecule is Cc1cc(C)cc(CNCc2ccc(COC(=O)c3ccc(CNCc4cc(C(C)(C)C)cc(C(C)(C)C)c4)cc3)cc2)c1. The number of carbonyl (C=O) groups excluding carboxylic acids is 1. The first-order valence-electron chi connectivity index (χ1n) is 15.7. The molecule has 4 rings (SSSR count). The zero-order valence-corrected chi connectivity index (χ0v) is 27.9. The van der Waals surface area contributed by atoms with Crippen LogP contribution in [0.15, 0.2) is 84.9 Å². The normalized spacial score (nSPS) is 11.9. The molecule has 0 unspecified atom stereocenters. The van der Waals surface area contributed by atoms with Crippen LogP contribution in [0.1, 0.15) is 102 Å².